The number of rotatable bonds is 7. The molecule has 0 N–H and O–H groups in total. The number of benzene rings is 2. The van der Waals surface area contributed by atoms with Crippen molar-refractivity contribution in [2.24, 2.45) is 0 Å². The number of hydrogen-bond acceptors (Lipinski definition) is 5. The molecular weight excluding hydrogens is 367 g/mol. The van der Waals surface area contributed by atoms with E-state index in [1.54, 1.807) is 36.4 Å². The largest absolute Gasteiger partial charge is 0.466 e. The zero-order valence-electron chi connectivity index (χ0n) is 14.9. The van der Waals surface area contributed by atoms with Gasteiger partial charge in [-0.25, -0.2) is 9.37 Å². The minimum atomic E-state index is -0.513. The van der Waals surface area contributed by atoms with Gasteiger partial charge in [-0.1, -0.05) is 43.0 Å². The first-order valence-electron chi connectivity index (χ1n) is 8.67. The predicted octanol–water partition coefficient (Wildman–Crippen LogP) is 3.96. The number of ether oxygens (including phenoxy) is 1. The molecule has 1 aromatic heterocycles. The number of carbonyl (C=O) groups is 1. The number of para-hydroxylation sites is 2. The first-order chi connectivity index (χ1) is 13.1. The second-order valence-electron chi connectivity index (χ2n) is 5.82. The monoisotopic (exact) mass is 386 g/mol. The predicted molar refractivity (Wildman–Crippen MR) is 104 cm³/mol. The Balaban J connectivity index is 1.98. The molecule has 27 heavy (non-hydrogen) atoms. The Morgan fingerprint density at radius 3 is 2.70 bits per heavy atom. The van der Waals surface area contributed by atoms with Crippen LogP contribution in [-0.2, 0) is 9.53 Å². The minimum Gasteiger partial charge on any atom is -0.466 e. The van der Waals surface area contributed by atoms with Crippen molar-refractivity contribution in [1.29, 1.82) is 0 Å². The Morgan fingerprint density at radius 2 is 1.93 bits per heavy atom. The molecule has 0 saturated carbocycles. The quantitative estimate of drug-likeness (QED) is 0.349. The van der Waals surface area contributed by atoms with Crippen molar-refractivity contribution in [2.45, 2.75) is 24.9 Å². The van der Waals surface area contributed by atoms with E-state index in [1.165, 1.54) is 28.5 Å². The maximum atomic E-state index is 14.4. The molecule has 3 rings (SSSR count). The van der Waals surface area contributed by atoms with Gasteiger partial charge in [0.05, 0.1) is 29.6 Å². The van der Waals surface area contributed by atoms with Crippen LogP contribution in [0.1, 0.15) is 19.8 Å². The molecule has 140 valence electrons. The second kappa shape index (κ2) is 8.81. The number of thioether (sulfide) groups is 1. The molecule has 0 atom stereocenters. The van der Waals surface area contributed by atoms with Crippen LogP contribution in [0, 0.1) is 5.82 Å². The van der Waals surface area contributed by atoms with E-state index in [4.69, 9.17) is 4.74 Å². The topological polar surface area (TPSA) is 61.2 Å². The fourth-order valence-corrected chi connectivity index (χ4v) is 3.49. The molecule has 0 aliphatic carbocycles. The molecule has 0 unspecified atom stereocenters. The zero-order valence-corrected chi connectivity index (χ0v) is 15.7. The van der Waals surface area contributed by atoms with Crippen LogP contribution in [0.5, 0.6) is 0 Å². The van der Waals surface area contributed by atoms with Crippen LogP contribution in [0.2, 0.25) is 0 Å². The van der Waals surface area contributed by atoms with Crippen molar-refractivity contribution < 1.29 is 13.9 Å². The van der Waals surface area contributed by atoms with Crippen LogP contribution in [0.15, 0.2) is 58.5 Å². The van der Waals surface area contributed by atoms with Crippen LogP contribution >= 0.6 is 11.8 Å². The van der Waals surface area contributed by atoms with Gasteiger partial charge in [0.15, 0.2) is 5.16 Å². The Hall–Kier alpha value is -2.67. The highest BCUT2D eigenvalue weighted by Gasteiger charge is 2.16. The molecule has 1 heterocycles. The lowest BCUT2D eigenvalue weighted by Crippen LogP contribution is -2.22. The van der Waals surface area contributed by atoms with Gasteiger partial charge in [0.2, 0.25) is 0 Å². The normalized spacial score (nSPS) is 10.9. The molecule has 0 saturated heterocycles. The highest BCUT2D eigenvalue weighted by atomic mass is 32.2. The molecule has 3 aromatic rings. The third-order valence-electron chi connectivity index (χ3n) is 3.84. The maximum Gasteiger partial charge on any atom is 0.306 e. The number of aromatic nitrogens is 2. The molecule has 7 heteroatoms. The molecule has 0 aliphatic heterocycles. The molecule has 0 bridgehead atoms. The fourth-order valence-electron chi connectivity index (χ4n) is 2.57. The van der Waals surface area contributed by atoms with E-state index in [2.05, 4.69) is 4.98 Å². The third-order valence-corrected chi connectivity index (χ3v) is 4.78. The lowest BCUT2D eigenvalue weighted by molar-refractivity contribution is -0.143. The molecule has 5 nitrogen and oxygen atoms in total. The maximum absolute atomic E-state index is 14.4. The summed E-state index contributed by atoms with van der Waals surface area (Å²) in [6.07, 6.45) is 0.947. The molecule has 0 aliphatic rings. The number of hydrogen-bond donors (Lipinski definition) is 0. The number of esters is 1. The van der Waals surface area contributed by atoms with E-state index in [0.29, 0.717) is 28.4 Å². The molecule has 0 spiro atoms. The third kappa shape index (κ3) is 4.36. The number of carbonyl (C=O) groups excluding carboxylic acids is 1. The van der Waals surface area contributed by atoms with Crippen molar-refractivity contribution in [2.75, 3.05) is 12.4 Å². The fraction of sp³-hybridized carbons (Fsp3) is 0.250. The Kier molecular flexibility index (Phi) is 6.24. The molecular formula is C20H19FN2O3S. The van der Waals surface area contributed by atoms with Crippen LogP contribution in [0.4, 0.5) is 4.39 Å². The highest BCUT2D eigenvalue weighted by Crippen LogP contribution is 2.23. The lowest BCUT2D eigenvalue weighted by atomic mass is 10.2. The van der Waals surface area contributed by atoms with Crippen LogP contribution in [-0.4, -0.2) is 27.9 Å². The Morgan fingerprint density at radius 1 is 1.19 bits per heavy atom. The molecule has 0 fully saturated rings. The van der Waals surface area contributed by atoms with Crippen molar-refractivity contribution in [1.82, 2.24) is 9.55 Å². The van der Waals surface area contributed by atoms with E-state index < -0.39 is 5.82 Å². The van der Waals surface area contributed by atoms with Crippen molar-refractivity contribution in [3.8, 4) is 5.69 Å². The first kappa shape index (κ1) is 19.1. The number of halogens is 1. The van der Waals surface area contributed by atoms with Crippen molar-refractivity contribution in [3.63, 3.8) is 0 Å². The summed E-state index contributed by atoms with van der Waals surface area (Å²) in [6, 6.07) is 13.0. The first-order valence-corrected chi connectivity index (χ1v) is 9.65. The van der Waals surface area contributed by atoms with Gasteiger partial charge in [-0.2, -0.15) is 0 Å². The van der Waals surface area contributed by atoms with Crippen LogP contribution in [0.25, 0.3) is 16.6 Å². The van der Waals surface area contributed by atoms with Crippen molar-refractivity contribution >= 4 is 28.6 Å². The van der Waals surface area contributed by atoms with Crippen LogP contribution < -0.4 is 5.56 Å². The van der Waals surface area contributed by atoms with E-state index in [9.17, 15) is 14.0 Å². The van der Waals surface area contributed by atoms with E-state index in [1.807, 2.05) is 6.92 Å². The smallest absolute Gasteiger partial charge is 0.306 e. The molecule has 0 radical (unpaired) electrons. The summed E-state index contributed by atoms with van der Waals surface area (Å²) in [4.78, 5) is 29.2. The highest BCUT2D eigenvalue weighted by molar-refractivity contribution is 7.99. The average Bonchev–Trinajstić information content (AvgIpc) is 2.67. The average molecular weight is 386 g/mol. The van der Waals surface area contributed by atoms with Gasteiger partial charge in [-0.3, -0.25) is 14.2 Å². The van der Waals surface area contributed by atoms with Gasteiger partial charge >= 0.3 is 5.97 Å². The summed E-state index contributed by atoms with van der Waals surface area (Å²) in [6.45, 7) is 2.31. The summed E-state index contributed by atoms with van der Waals surface area (Å²) >= 11 is 1.23. The van der Waals surface area contributed by atoms with Gasteiger partial charge in [0, 0.05) is 5.75 Å². The minimum absolute atomic E-state index is 0.136. The SMILES string of the molecule is CCCOC(=O)CCSc1nc2ccccc2c(=O)n1-c1ccccc1F. The summed E-state index contributed by atoms with van der Waals surface area (Å²) < 4.78 is 20.7. The summed E-state index contributed by atoms with van der Waals surface area (Å²) in [5.41, 5.74) is 0.324. The molecule has 0 amide bonds. The van der Waals surface area contributed by atoms with Gasteiger partial charge in [0.1, 0.15) is 5.82 Å². The Labute approximate surface area is 160 Å². The van der Waals surface area contributed by atoms with Gasteiger partial charge in [-0.05, 0) is 30.7 Å². The molecule has 2 aromatic carbocycles. The van der Waals surface area contributed by atoms with Gasteiger partial charge < -0.3 is 4.74 Å². The van der Waals surface area contributed by atoms with Crippen LogP contribution in [0.3, 0.4) is 0 Å². The second-order valence-corrected chi connectivity index (χ2v) is 6.88. The zero-order chi connectivity index (χ0) is 19.2. The van der Waals surface area contributed by atoms with E-state index in [0.717, 1.165) is 6.42 Å². The van der Waals surface area contributed by atoms with Crippen molar-refractivity contribution in [3.05, 3.63) is 64.7 Å². The van der Waals surface area contributed by atoms with Gasteiger partial charge in [0.25, 0.3) is 5.56 Å². The summed E-state index contributed by atoms with van der Waals surface area (Å²) in [7, 11) is 0. The van der Waals surface area contributed by atoms with E-state index in [-0.39, 0.29) is 23.6 Å². The Bertz CT molecular complexity index is 1020. The summed E-state index contributed by atoms with van der Waals surface area (Å²) in [5, 5.41) is 0.750. The number of nitrogens with zero attached hydrogens (tertiary/aromatic N) is 2. The lowest BCUT2D eigenvalue weighted by Gasteiger charge is -2.13. The number of fused-ring (bicyclic) bond motifs is 1. The van der Waals surface area contributed by atoms with E-state index >= 15 is 0 Å². The summed E-state index contributed by atoms with van der Waals surface area (Å²) in [5.74, 6) is -0.437. The standard InChI is InChI=1S/C20H19FN2O3S/c1-2-12-26-18(24)11-13-27-20-22-16-9-5-3-7-14(16)19(25)23(20)17-10-6-4-8-15(17)21/h3-10H,2,11-13H2,1H3. The van der Waals surface area contributed by atoms with Gasteiger partial charge in [-0.15, -0.1) is 0 Å².